The van der Waals surface area contributed by atoms with Crippen molar-refractivity contribution in [3.05, 3.63) is 108 Å². The summed E-state index contributed by atoms with van der Waals surface area (Å²) in [4.78, 5) is 12.8. The summed E-state index contributed by atoms with van der Waals surface area (Å²) in [5, 5.41) is 18.8. The quantitative estimate of drug-likeness (QED) is 0.338. The predicted octanol–water partition coefficient (Wildman–Crippen LogP) is 2.71. The van der Waals surface area contributed by atoms with E-state index in [2.05, 4.69) is 62.6 Å². The Balaban J connectivity index is 1.61. The van der Waals surface area contributed by atoms with Crippen molar-refractivity contribution in [2.75, 3.05) is 0 Å². The molecule has 0 bridgehead atoms. The highest BCUT2D eigenvalue weighted by atomic mass is 32.2. The zero-order chi connectivity index (χ0) is 22.0. The van der Waals surface area contributed by atoms with Gasteiger partial charge in [-0.3, -0.25) is 10.1 Å². The molecular weight excluding hydrogens is 420 g/mol. The van der Waals surface area contributed by atoms with Crippen molar-refractivity contribution < 1.29 is 4.79 Å². The van der Waals surface area contributed by atoms with Gasteiger partial charge in [-0.25, -0.2) is 4.68 Å². The van der Waals surface area contributed by atoms with E-state index in [9.17, 15) is 4.79 Å². The number of nitrogens with zero attached hydrogens (tertiary/aromatic N) is 4. The first-order valence-corrected chi connectivity index (χ1v) is 11.2. The maximum atomic E-state index is 12.8. The van der Waals surface area contributed by atoms with Gasteiger partial charge in [-0.1, -0.05) is 103 Å². The highest BCUT2D eigenvalue weighted by Crippen LogP contribution is 2.39. The Bertz CT molecular complexity index is 1100. The van der Waals surface area contributed by atoms with Crippen molar-refractivity contribution in [1.82, 2.24) is 30.8 Å². The maximum absolute atomic E-state index is 12.8. The molecule has 1 fully saturated rings. The van der Waals surface area contributed by atoms with Gasteiger partial charge in [0.05, 0.1) is 5.54 Å². The van der Waals surface area contributed by atoms with Crippen molar-refractivity contribution in [1.29, 1.82) is 0 Å². The van der Waals surface area contributed by atoms with Crippen LogP contribution in [0.4, 0.5) is 0 Å². The lowest BCUT2D eigenvalue weighted by atomic mass is 9.76. The van der Waals surface area contributed by atoms with Gasteiger partial charge >= 0.3 is 0 Å². The Hall–Kier alpha value is -3.49. The summed E-state index contributed by atoms with van der Waals surface area (Å²) < 4.78 is 1.60. The third kappa shape index (κ3) is 3.57. The summed E-state index contributed by atoms with van der Waals surface area (Å²) in [5.74, 6) is -0.0511. The molecule has 5 rings (SSSR count). The Morgan fingerprint density at radius 3 is 1.78 bits per heavy atom. The van der Waals surface area contributed by atoms with E-state index in [-0.39, 0.29) is 11.3 Å². The second-order valence-electron chi connectivity index (χ2n) is 7.60. The largest absolute Gasteiger partial charge is 0.340 e. The number of hydrogen-bond donors (Lipinski definition) is 2. The highest BCUT2D eigenvalue weighted by Gasteiger charge is 2.48. The van der Waals surface area contributed by atoms with E-state index < -0.39 is 11.6 Å². The first-order chi connectivity index (χ1) is 15.7. The van der Waals surface area contributed by atoms with E-state index in [1.165, 1.54) is 11.8 Å². The van der Waals surface area contributed by atoms with Gasteiger partial charge in [-0.2, -0.15) is 0 Å². The van der Waals surface area contributed by atoms with Gasteiger partial charge in [-0.15, -0.1) is 5.10 Å². The zero-order valence-corrected chi connectivity index (χ0v) is 18.2. The van der Waals surface area contributed by atoms with Crippen LogP contribution in [0.3, 0.4) is 0 Å². The van der Waals surface area contributed by atoms with E-state index in [0.29, 0.717) is 5.16 Å². The van der Waals surface area contributed by atoms with Crippen LogP contribution in [0, 0.1) is 0 Å². The third-order valence-electron chi connectivity index (χ3n) is 5.68. The number of β-lactam (4-membered cyclic amide) rings is 1. The molecular formula is C24H22N6OS. The minimum atomic E-state index is -0.719. The van der Waals surface area contributed by atoms with Crippen LogP contribution in [0.25, 0.3) is 0 Å². The fourth-order valence-corrected chi connectivity index (χ4v) is 5.08. The molecule has 2 atom stereocenters. The summed E-state index contributed by atoms with van der Waals surface area (Å²) in [6.45, 7) is 0. The van der Waals surface area contributed by atoms with E-state index >= 15 is 0 Å². The van der Waals surface area contributed by atoms with Gasteiger partial charge in [0, 0.05) is 7.05 Å². The number of carbonyl (C=O) groups is 1. The van der Waals surface area contributed by atoms with Gasteiger partial charge in [0.2, 0.25) is 11.1 Å². The molecule has 8 heteroatoms. The average molecular weight is 443 g/mol. The summed E-state index contributed by atoms with van der Waals surface area (Å²) in [7, 11) is 1.79. The molecule has 3 aromatic carbocycles. The number of carbonyl (C=O) groups excluding carboxylic acids is 1. The summed E-state index contributed by atoms with van der Waals surface area (Å²) in [6.07, 6.45) is 0. The number of benzene rings is 3. The summed E-state index contributed by atoms with van der Waals surface area (Å²) in [5.41, 5.74) is 2.45. The second kappa shape index (κ2) is 8.57. The molecule has 1 amide bonds. The first kappa shape index (κ1) is 20.4. The molecule has 1 aromatic heterocycles. The molecule has 7 nitrogen and oxygen atoms in total. The number of rotatable bonds is 7. The molecule has 1 saturated heterocycles. The van der Waals surface area contributed by atoms with Gasteiger partial charge in [0.1, 0.15) is 11.4 Å². The van der Waals surface area contributed by atoms with Crippen molar-refractivity contribution >= 4 is 17.7 Å². The van der Waals surface area contributed by atoms with Crippen molar-refractivity contribution in [3.8, 4) is 0 Å². The smallest absolute Gasteiger partial charge is 0.241 e. The van der Waals surface area contributed by atoms with Crippen LogP contribution < -0.4 is 10.6 Å². The number of aromatic nitrogens is 4. The van der Waals surface area contributed by atoms with Crippen LogP contribution in [0.5, 0.6) is 0 Å². The first-order valence-electron chi connectivity index (χ1n) is 10.3. The fraction of sp³-hybridized carbons (Fsp3) is 0.167. The normalized spacial score (nSPS) is 18.1. The molecule has 4 aromatic rings. The fourth-order valence-electron chi connectivity index (χ4n) is 4.08. The van der Waals surface area contributed by atoms with Crippen LogP contribution >= 0.6 is 11.8 Å². The van der Waals surface area contributed by atoms with E-state index in [1.807, 2.05) is 54.6 Å². The minimum Gasteiger partial charge on any atom is -0.340 e. The SMILES string of the molecule is Cn1nnnc1S[C@@H]1NC(=O)[C@H]1NC(c1ccccc1)(c1ccccc1)c1ccccc1. The van der Waals surface area contributed by atoms with E-state index in [0.717, 1.165) is 16.7 Å². The minimum absolute atomic E-state index is 0.0511. The van der Waals surface area contributed by atoms with Crippen LogP contribution in [-0.2, 0) is 17.4 Å². The number of nitrogens with one attached hydrogen (secondary N) is 2. The molecule has 1 aliphatic rings. The van der Waals surface area contributed by atoms with Crippen LogP contribution in [0.15, 0.2) is 96.2 Å². The van der Waals surface area contributed by atoms with E-state index in [1.54, 1.807) is 11.7 Å². The van der Waals surface area contributed by atoms with Gasteiger partial charge in [0.25, 0.3) is 0 Å². The average Bonchev–Trinajstić information content (AvgIpc) is 3.25. The maximum Gasteiger partial charge on any atom is 0.241 e. The topological polar surface area (TPSA) is 84.7 Å². The molecule has 0 saturated carbocycles. The molecule has 32 heavy (non-hydrogen) atoms. The lowest BCUT2D eigenvalue weighted by molar-refractivity contribution is -0.129. The number of amides is 1. The number of tetrazole rings is 1. The van der Waals surface area contributed by atoms with Crippen LogP contribution in [0.2, 0.25) is 0 Å². The molecule has 0 spiro atoms. The molecule has 0 unspecified atom stereocenters. The third-order valence-corrected chi connectivity index (χ3v) is 6.88. The monoisotopic (exact) mass is 442 g/mol. The van der Waals surface area contributed by atoms with Crippen LogP contribution in [-0.4, -0.2) is 37.5 Å². The highest BCUT2D eigenvalue weighted by molar-refractivity contribution is 7.99. The van der Waals surface area contributed by atoms with Crippen molar-refractivity contribution in [3.63, 3.8) is 0 Å². The Morgan fingerprint density at radius 1 is 0.875 bits per heavy atom. The van der Waals surface area contributed by atoms with Crippen LogP contribution in [0.1, 0.15) is 16.7 Å². The number of aryl methyl sites for hydroxylation is 1. The Labute approximate surface area is 190 Å². The van der Waals surface area contributed by atoms with Gasteiger partial charge in [0.15, 0.2) is 0 Å². The molecule has 2 heterocycles. The second-order valence-corrected chi connectivity index (χ2v) is 8.71. The lowest BCUT2D eigenvalue weighted by Gasteiger charge is -2.45. The van der Waals surface area contributed by atoms with Gasteiger partial charge in [-0.05, 0) is 27.1 Å². The van der Waals surface area contributed by atoms with Crippen molar-refractivity contribution in [2.24, 2.45) is 7.05 Å². The predicted molar refractivity (Wildman–Crippen MR) is 123 cm³/mol. The zero-order valence-electron chi connectivity index (χ0n) is 17.4. The standard InChI is InChI=1S/C24H22N6OS/c1-30-23(27-28-29-30)32-22-20(21(31)25-22)26-24(17-11-5-2-6-12-17,18-13-7-3-8-14-18)19-15-9-4-10-16-19/h2-16,20,22,26H,1H3,(H,25,31)/t20-,22+/m1/s1. The molecule has 1 aliphatic heterocycles. The summed E-state index contributed by atoms with van der Waals surface area (Å²) >= 11 is 1.43. The van der Waals surface area contributed by atoms with Gasteiger partial charge < -0.3 is 5.32 Å². The number of hydrogen-bond acceptors (Lipinski definition) is 6. The van der Waals surface area contributed by atoms with E-state index in [4.69, 9.17) is 0 Å². The molecule has 0 aliphatic carbocycles. The molecule has 2 N–H and O–H groups in total. The number of thioether (sulfide) groups is 1. The Kier molecular flexibility index (Phi) is 5.46. The molecule has 0 radical (unpaired) electrons. The van der Waals surface area contributed by atoms with Crippen molar-refractivity contribution in [2.45, 2.75) is 22.1 Å². The lowest BCUT2D eigenvalue weighted by Crippen LogP contribution is -2.70. The Morgan fingerprint density at radius 2 is 1.38 bits per heavy atom. The summed E-state index contributed by atoms with van der Waals surface area (Å²) in [6, 6.07) is 30.3. The molecule has 160 valence electrons.